The van der Waals surface area contributed by atoms with Gasteiger partial charge in [0.2, 0.25) is 5.91 Å². The van der Waals surface area contributed by atoms with Crippen molar-refractivity contribution in [1.29, 1.82) is 0 Å². The fraction of sp³-hybridized carbons (Fsp3) is 0.222. The number of carbonyl (C=O) groups is 1. The number of nitrogens with zero attached hydrogens (tertiary/aromatic N) is 1. The number of amides is 1. The molecule has 0 saturated carbocycles. The zero-order chi connectivity index (χ0) is 19.6. The van der Waals surface area contributed by atoms with Crippen LogP contribution < -0.4 is 10.1 Å². The van der Waals surface area contributed by atoms with Gasteiger partial charge < -0.3 is 15.0 Å². The van der Waals surface area contributed by atoms with Crippen molar-refractivity contribution in [3.63, 3.8) is 0 Å². The Balaban J connectivity index is 1.65. The number of ether oxygens (including phenoxy) is 1. The Hall–Kier alpha value is -2.68. The van der Waals surface area contributed by atoms with Gasteiger partial charge in [-0.3, -0.25) is 4.79 Å². The van der Waals surface area contributed by atoms with Gasteiger partial charge in [-0.1, -0.05) is 11.8 Å². The van der Waals surface area contributed by atoms with Crippen LogP contribution >= 0.6 is 11.8 Å². The molecule has 0 aliphatic carbocycles. The van der Waals surface area contributed by atoms with Crippen LogP contribution in [0.3, 0.4) is 0 Å². The zero-order valence-electron chi connectivity index (χ0n) is 14.4. The Labute approximate surface area is 157 Å². The van der Waals surface area contributed by atoms with Crippen molar-refractivity contribution in [3.05, 3.63) is 48.0 Å². The first-order valence-corrected chi connectivity index (χ1v) is 8.83. The van der Waals surface area contributed by atoms with E-state index in [2.05, 4.69) is 15.3 Å². The van der Waals surface area contributed by atoms with E-state index in [1.54, 1.807) is 26.2 Å². The molecule has 0 saturated heterocycles. The molecular weight excluding hydrogens is 379 g/mol. The molecule has 27 heavy (non-hydrogen) atoms. The van der Waals surface area contributed by atoms with E-state index in [0.717, 1.165) is 23.2 Å². The number of thioether (sulfide) groups is 1. The maximum absolute atomic E-state index is 12.6. The predicted molar refractivity (Wildman–Crippen MR) is 98.0 cm³/mol. The van der Waals surface area contributed by atoms with E-state index in [4.69, 9.17) is 4.74 Å². The maximum Gasteiger partial charge on any atom is 0.416 e. The van der Waals surface area contributed by atoms with Crippen LogP contribution in [-0.4, -0.2) is 28.2 Å². The van der Waals surface area contributed by atoms with Crippen molar-refractivity contribution in [2.45, 2.75) is 23.5 Å². The number of anilines is 1. The molecule has 1 amide bonds. The van der Waals surface area contributed by atoms with Crippen molar-refractivity contribution in [2.24, 2.45) is 0 Å². The average Bonchev–Trinajstić information content (AvgIpc) is 3.02. The number of nitrogens with one attached hydrogen (secondary N) is 2. The Bertz CT molecular complexity index is 955. The van der Waals surface area contributed by atoms with Crippen molar-refractivity contribution in [1.82, 2.24) is 9.97 Å². The van der Waals surface area contributed by atoms with Crippen LogP contribution in [0.15, 0.2) is 47.6 Å². The number of fused-ring (bicyclic) bond motifs is 1. The highest BCUT2D eigenvalue weighted by atomic mass is 32.2. The summed E-state index contributed by atoms with van der Waals surface area (Å²) in [5.41, 5.74) is 1.07. The summed E-state index contributed by atoms with van der Waals surface area (Å²) in [5, 5.41) is 2.66. The van der Waals surface area contributed by atoms with Crippen LogP contribution in [0, 0.1) is 0 Å². The summed E-state index contributed by atoms with van der Waals surface area (Å²) in [5.74, 6) is 0.355. The quantitative estimate of drug-likeness (QED) is 0.614. The molecule has 1 atom stereocenters. The smallest absolute Gasteiger partial charge is 0.416 e. The summed E-state index contributed by atoms with van der Waals surface area (Å²) in [6.07, 6.45) is -4.41. The second kappa shape index (κ2) is 7.51. The second-order valence-electron chi connectivity index (χ2n) is 5.75. The molecule has 1 aromatic heterocycles. The number of carbonyl (C=O) groups excluding carboxylic acids is 1. The molecule has 0 bridgehead atoms. The number of aromatic amines is 1. The van der Waals surface area contributed by atoms with Gasteiger partial charge in [0.25, 0.3) is 0 Å². The number of imidazole rings is 1. The molecule has 3 rings (SSSR count). The van der Waals surface area contributed by atoms with Crippen LogP contribution in [0.25, 0.3) is 11.0 Å². The van der Waals surface area contributed by atoms with Gasteiger partial charge in [-0.05, 0) is 43.3 Å². The lowest BCUT2D eigenvalue weighted by Gasteiger charge is -2.12. The minimum absolute atomic E-state index is 0.301. The highest BCUT2D eigenvalue weighted by Crippen LogP contribution is 2.30. The summed E-state index contributed by atoms with van der Waals surface area (Å²) in [6, 6.07) is 9.72. The standard InChI is InChI=1S/C18H16F3N3O2S/c1-10(16(25)22-12-5-3-11(4-6-12)18(19,20)21)27-17-23-14-8-7-13(26-2)9-15(14)24-17/h3-10H,1-2H3,(H,22,25)(H,23,24)/t10-/m0/s1. The van der Waals surface area contributed by atoms with Crippen molar-refractivity contribution >= 4 is 34.4 Å². The summed E-state index contributed by atoms with van der Waals surface area (Å²) >= 11 is 1.22. The van der Waals surface area contributed by atoms with Gasteiger partial charge >= 0.3 is 6.18 Å². The normalized spacial score (nSPS) is 12.8. The number of hydrogen-bond donors (Lipinski definition) is 2. The molecule has 0 aliphatic rings. The minimum atomic E-state index is -4.41. The summed E-state index contributed by atoms with van der Waals surface area (Å²) in [7, 11) is 1.57. The molecule has 0 radical (unpaired) electrons. The van der Waals surface area contributed by atoms with E-state index < -0.39 is 17.0 Å². The summed E-state index contributed by atoms with van der Waals surface area (Å²) in [4.78, 5) is 19.8. The predicted octanol–water partition coefficient (Wildman–Crippen LogP) is 4.71. The first-order chi connectivity index (χ1) is 12.8. The van der Waals surface area contributed by atoms with E-state index >= 15 is 0 Å². The Morgan fingerprint density at radius 3 is 2.56 bits per heavy atom. The Morgan fingerprint density at radius 1 is 1.22 bits per heavy atom. The molecule has 5 nitrogen and oxygen atoms in total. The van der Waals surface area contributed by atoms with Gasteiger partial charge in [-0.25, -0.2) is 4.98 Å². The number of methoxy groups -OCH3 is 1. The SMILES string of the molecule is COc1ccc2nc(S[C@@H](C)C(=O)Nc3ccc(C(F)(F)F)cc3)[nH]c2c1. The number of H-pyrrole nitrogens is 1. The van der Waals surface area contributed by atoms with Crippen LogP contribution in [0.4, 0.5) is 18.9 Å². The van der Waals surface area contributed by atoms with Gasteiger partial charge in [0, 0.05) is 11.8 Å². The van der Waals surface area contributed by atoms with Gasteiger partial charge in [0.05, 0.1) is 29.0 Å². The molecule has 0 spiro atoms. The van der Waals surface area contributed by atoms with Gasteiger partial charge in [-0.2, -0.15) is 13.2 Å². The van der Waals surface area contributed by atoms with Crippen LogP contribution in [0.1, 0.15) is 12.5 Å². The second-order valence-corrected chi connectivity index (χ2v) is 7.08. The molecule has 9 heteroatoms. The minimum Gasteiger partial charge on any atom is -0.497 e. The van der Waals surface area contributed by atoms with Gasteiger partial charge in [0.1, 0.15) is 5.75 Å². The third kappa shape index (κ3) is 4.54. The third-order valence-corrected chi connectivity index (χ3v) is 4.79. The number of aromatic nitrogens is 2. The molecule has 0 fully saturated rings. The summed E-state index contributed by atoms with van der Waals surface area (Å²) in [6.45, 7) is 1.69. The lowest BCUT2D eigenvalue weighted by Crippen LogP contribution is -2.22. The van der Waals surface area contributed by atoms with Crippen LogP contribution in [0.2, 0.25) is 0 Å². The highest BCUT2D eigenvalue weighted by molar-refractivity contribution is 8.00. The lowest BCUT2D eigenvalue weighted by atomic mass is 10.2. The Morgan fingerprint density at radius 2 is 1.93 bits per heavy atom. The third-order valence-electron chi connectivity index (χ3n) is 3.80. The van der Waals surface area contributed by atoms with Crippen LogP contribution in [0.5, 0.6) is 5.75 Å². The Kier molecular flexibility index (Phi) is 5.31. The fourth-order valence-corrected chi connectivity index (χ4v) is 3.18. The molecule has 0 aliphatic heterocycles. The van der Waals surface area contributed by atoms with E-state index in [9.17, 15) is 18.0 Å². The van der Waals surface area contributed by atoms with Gasteiger partial charge in [0.15, 0.2) is 5.16 Å². The molecule has 2 N–H and O–H groups in total. The molecule has 0 unspecified atom stereocenters. The van der Waals surface area contributed by atoms with Crippen molar-refractivity contribution in [3.8, 4) is 5.75 Å². The monoisotopic (exact) mass is 395 g/mol. The highest BCUT2D eigenvalue weighted by Gasteiger charge is 2.30. The molecule has 2 aromatic carbocycles. The molecule has 142 valence electrons. The number of halogens is 3. The van der Waals surface area contributed by atoms with E-state index in [0.29, 0.717) is 16.6 Å². The van der Waals surface area contributed by atoms with Crippen molar-refractivity contribution < 1.29 is 22.7 Å². The average molecular weight is 395 g/mol. The molecule has 1 heterocycles. The fourth-order valence-electron chi connectivity index (χ4n) is 2.36. The molecular formula is C18H16F3N3O2S. The topological polar surface area (TPSA) is 67.0 Å². The maximum atomic E-state index is 12.6. The first kappa shape index (κ1) is 19.1. The summed E-state index contributed by atoms with van der Waals surface area (Å²) < 4.78 is 42.9. The zero-order valence-corrected chi connectivity index (χ0v) is 15.2. The van der Waals surface area contributed by atoms with E-state index in [1.165, 1.54) is 23.9 Å². The number of hydrogen-bond acceptors (Lipinski definition) is 4. The lowest BCUT2D eigenvalue weighted by molar-refractivity contribution is -0.137. The number of rotatable bonds is 5. The number of benzene rings is 2. The van der Waals surface area contributed by atoms with E-state index in [1.807, 2.05) is 6.07 Å². The van der Waals surface area contributed by atoms with Crippen molar-refractivity contribution in [2.75, 3.05) is 12.4 Å². The molecule has 3 aromatic rings. The van der Waals surface area contributed by atoms with Crippen LogP contribution in [-0.2, 0) is 11.0 Å². The first-order valence-electron chi connectivity index (χ1n) is 7.95. The van der Waals surface area contributed by atoms with Gasteiger partial charge in [-0.15, -0.1) is 0 Å². The largest absolute Gasteiger partial charge is 0.497 e. The van der Waals surface area contributed by atoms with E-state index in [-0.39, 0.29) is 5.91 Å². The number of alkyl halides is 3.